The largest absolute Gasteiger partial charge is 0.491 e. The Labute approximate surface area is 215 Å². The number of hydrogen-bond donors (Lipinski definition) is 1. The van der Waals surface area contributed by atoms with Crippen molar-refractivity contribution in [1.82, 2.24) is 5.32 Å². The molecule has 37 heavy (non-hydrogen) atoms. The number of nitrogens with one attached hydrogen (secondary N) is 1. The summed E-state index contributed by atoms with van der Waals surface area (Å²) in [6.07, 6.45) is 0. The van der Waals surface area contributed by atoms with Crippen molar-refractivity contribution in [2.24, 2.45) is 0 Å². The lowest BCUT2D eigenvalue weighted by molar-refractivity contribution is -0.144. The predicted molar refractivity (Wildman–Crippen MR) is 140 cm³/mol. The zero-order chi connectivity index (χ0) is 25.8. The standard InChI is InChI=1S/C31H27NO5/c1-35-29(33)21-16-18-23(19-17-21)37-20-28(30(34)36-2)32-31(22-10-4-3-5-11-22)26-14-8-6-12-24(26)25-13-7-9-15-27(25)31/h3-19,28,32H,20H2,1-2H3/t28-/m0/s1. The van der Waals surface area contributed by atoms with Gasteiger partial charge in [-0.2, -0.15) is 0 Å². The highest BCUT2D eigenvalue weighted by molar-refractivity contribution is 5.89. The molecule has 0 aliphatic heterocycles. The van der Waals surface area contributed by atoms with Crippen LogP contribution in [0, 0.1) is 0 Å². The molecule has 0 heterocycles. The second-order valence-corrected chi connectivity index (χ2v) is 8.75. The minimum absolute atomic E-state index is 0.0170. The number of carbonyl (C=O) groups is 2. The van der Waals surface area contributed by atoms with Gasteiger partial charge in [-0.15, -0.1) is 0 Å². The lowest BCUT2D eigenvalue weighted by Crippen LogP contribution is -2.54. The number of hydrogen-bond acceptors (Lipinski definition) is 6. The molecule has 0 saturated heterocycles. The van der Waals surface area contributed by atoms with Crippen LogP contribution in [0.5, 0.6) is 5.75 Å². The van der Waals surface area contributed by atoms with E-state index in [0.717, 1.165) is 27.8 Å². The van der Waals surface area contributed by atoms with Gasteiger partial charge in [0.25, 0.3) is 0 Å². The molecule has 1 N–H and O–H groups in total. The van der Waals surface area contributed by atoms with E-state index >= 15 is 0 Å². The number of esters is 2. The maximum absolute atomic E-state index is 13.1. The first-order chi connectivity index (χ1) is 18.1. The van der Waals surface area contributed by atoms with Crippen molar-refractivity contribution in [2.75, 3.05) is 20.8 Å². The summed E-state index contributed by atoms with van der Waals surface area (Å²) in [5.74, 6) is -0.350. The van der Waals surface area contributed by atoms with Crippen LogP contribution >= 0.6 is 0 Å². The average Bonchev–Trinajstić information content (AvgIpc) is 3.25. The van der Waals surface area contributed by atoms with Crippen molar-refractivity contribution in [3.8, 4) is 16.9 Å². The molecular weight excluding hydrogens is 466 g/mol. The Kier molecular flexibility index (Phi) is 6.75. The van der Waals surface area contributed by atoms with E-state index in [9.17, 15) is 9.59 Å². The van der Waals surface area contributed by atoms with Crippen LogP contribution in [0.3, 0.4) is 0 Å². The van der Waals surface area contributed by atoms with Gasteiger partial charge in [0.2, 0.25) is 0 Å². The Morgan fingerprint density at radius 1 is 0.730 bits per heavy atom. The molecule has 0 fully saturated rings. The number of benzene rings is 4. The quantitative estimate of drug-likeness (QED) is 0.350. The SMILES string of the molecule is COC(=O)c1ccc(OC[C@H](NC2(c3ccccc3)c3ccccc3-c3ccccc32)C(=O)OC)cc1. The number of ether oxygens (including phenoxy) is 3. The van der Waals surface area contributed by atoms with Gasteiger partial charge in [-0.05, 0) is 52.1 Å². The lowest BCUT2D eigenvalue weighted by Gasteiger charge is -2.37. The monoisotopic (exact) mass is 493 g/mol. The van der Waals surface area contributed by atoms with Gasteiger partial charge in [0.1, 0.15) is 18.4 Å². The van der Waals surface area contributed by atoms with Gasteiger partial charge in [0.05, 0.1) is 25.3 Å². The molecule has 0 spiro atoms. The van der Waals surface area contributed by atoms with Crippen LogP contribution in [0.2, 0.25) is 0 Å². The fourth-order valence-electron chi connectivity index (χ4n) is 5.03. The maximum Gasteiger partial charge on any atom is 0.337 e. The van der Waals surface area contributed by atoms with E-state index in [2.05, 4.69) is 41.7 Å². The first kappa shape index (κ1) is 24.3. The van der Waals surface area contributed by atoms with Gasteiger partial charge in [-0.1, -0.05) is 78.9 Å². The van der Waals surface area contributed by atoms with Crippen LogP contribution in [0.15, 0.2) is 103 Å². The van der Waals surface area contributed by atoms with Crippen LogP contribution in [0.4, 0.5) is 0 Å². The van der Waals surface area contributed by atoms with E-state index in [1.807, 2.05) is 42.5 Å². The topological polar surface area (TPSA) is 73.9 Å². The van der Waals surface area contributed by atoms with Crippen LogP contribution in [-0.4, -0.2) is 38.8 Å². The summed E-state index contributed by atoms with van der Waals surface area (Å²) < 4.78 is 16.0. The normalized spacial score (nSPS) is 13.7. The number of methoxy groups -OCH3 is 2. The summed E-state index contributed by atoms with van der Waals surface area (Å²) in [6, 6.07) is 32.3. The van der Waals surface area contributed by atoms with Crippen molar-refractivity contribution in [2.45, 2.75) is 11.6 Å². The molecule has 4 aromatic rings. The Hall–Kier alpha value is -4.42. The maximum atomic E-state index is 13.1. The predicted octanol–water partition coefficient (Wildman–Crippen LogP) is 4.96. The summed E-state index contributed by atoms with van der Waals surface area (Å²) in [4.78, 5) is 24.8. The van der Waals surface area contributed by atoms with Gasteiger partial charge in [0.15, 0.2) is 0 Å². The van der Waals surface area contributed by atoms with Crippen molar-refractivity contribution in [1.29, 1.82) is 0 Å². The zero-order valence-corrected chi connectivity index (χ0v) is 20.6. The Balaban J connectivity index is 1.54. The third kappa shape index (κ3) is 4.36. The van der Waals surface area contributed by atoms with E-state index in [4.69, 9.17) is 14.2 Å². The number of rotatable bonds is 8. The van der Waals surface area contributed by atoms with E-state index in [1.165, 1.54) is 14.2 Å². The molecule has 0 unspecified atom stereocenters. The zero-order valence-electron chi connectivity index (χ0n) is 20.6. The molecule has 5 rings (SSSR count). The molecule has 0 bridgehead atoms. The van der Waals surface area contributed by atoms with Crippen molar-refractivity contribution in [3.05, 3.63) is 125 Å². The molecule has 0 saturated carbocycles. The summed E-state index contributed by atoms with van der Waals surface area (Å²) >= 11 is 0. The summed E-state index contributed by atoms with van der Waals surface area (Å²) in [6.45, 7) is 0.0170. The Morgan fingerprint density at radius 2 is 1.30 bits per heavy atom. The molecule has 0 aromatic heterocycles. The van der Waals surface area contributed by atoms with E-state index in [-0.39, 0.29) is 6.61 Å². The molecule has 1 aliphatic rings. The fourth-order valence-corrected chi connectivity index (χ4v) is 5.03. The summed E-state index contributed by atoms with van der Waals surface area (Å²) in [7, 11) is 2.70. The van der Waals surface area contributed by atoms with Crippen LogP contribution in [0.25, 0.3) is 11.1 Å². The van der Waals surface area contributed by atoms with Crippen molar-refractivity contribution < 1.29 is 23.8 Å². The third-order valence-electron chi connectivity index (χ3n) is 6.73. The molecule has 1 atom stereocenters. The van der Waals surface area contributed by atoms with E-state index in [1.54, 1.807) is 24.3 Å². The number of fused-ring (bicyclic) bond motifs is 3. The summed E-state index contributed by atoms with van der Waals surface area (Å²) in [5, 5.41) is 3.64. The van der Waals surface area contributed by atoms with Crippen molar-refractivity contribution >= 4 is 11.9 Å². The second kappa shape index (κ2) is 10.3. The molecule has 0 amide bonds. The van der Waals surface area contributed by atoms with Gasteiger partial charge in [-0.3, -0.25) is 10.1 Å². The summed E-state index contributed by atoms with van der Waals surface area (Å²) in [5.41, 5.74) is 4.95. The minimum Gasteiger partial charge on any atom is -0.491 e. The van der Waals surface area contributed by atoms with Crippen LogP contribution in [-0.2, 0) is 19.8 Å². The molecular formula is C31H27NO5. The molecule has 4 aromatic carbocycles. The minimum atomic E-state index is -0.801. The molecule has 0 radical (unpaired) electrons. The highest BCUT2D eigenvalue weighted by Crippen LogP contribution is 2.51. The smallest absolute Gasteiger partial charge is 0.337 e. The molecule has 1 aliphatic carbocycles. The van der Waals surface area contributed by atoms with Crippen LogP contribution < -0.4 is 10.1 Å². The highest BCUT2D eigenvalue weighted by atomic mass is 16.5. The molecule has 6 nitrogen and oxygen atoms in total. The van der Waals surface area contributed by atoms with E-state index < -0.39 is 23.5 Å². The fraction of sp³-hybridized carbons (Fsp3) is 0.161. The third-order valence-corrected chi connectivity index (χ3v) is 6.73. The first-order valence-corrected chi connectivity index (χ1v) is 12.0. The second-order valence-electron chi connectivity index (χ2n) is 8.75. The van der Waals surface area contributed by atoms with Crippen molar-refractivity contribution in [3.63, 3.8) is 0 Å². The molecule has 186 valence electrons. The van der Waals surface area contributed by atoms with Gasteiger partial charge < -0.3 is 14.2 Å². The lowest BCUT2D eigenvalue weighted by atomic mass is 9.80. The Morgan fingerprint density at radius 3 is 1.86 bits per heavy atom. The van der Waals surface area contributed by atoms with Gasteiger partial charge in [-0.25, -0.2) is 4.79 Å². The average molecular weight is 494 g/mol. The highest BCUT2D eigenvalue weighted by Gasteiger charge is 2.46. The molecule has 6 heteroatoms. The van der Waals surface area contributed by atoms with Gasteiger partial charge >= 0.3 is 11.9 Å². The van der Waals surface area contributed by atoms with Gasteiger partial charge in [0, 0.05) is 0 Å². The van der Waals surface area contributed by atoms with Crippen LogP contribution in [0.1, 0.15) is 27.0 Å². The van der Waals surface area contributed by atoms with E-state index in [0.29, 0.717) is 11.3 Å². The Bertz CT molecular complexity index is 1370. The first-order valence-electron chi connectivity index (χ1n) is 12.0. The number of carbonyl (C=O) groups excluding carboxylic acids is 2.